The molecule has 3 heteroatoms. The largest absolute Gasteiger partial charge is 0.498 e. The molecule has 0 spiro atoms. The Morgan fingerprint density at radius 2 is 2.40 bits per heavy atom. The van der Waals surface area contributed by atoms with Crippen molar-refractivity contribution < 1.29 is 9.53 Å². The van der Waals surface area contributed by atoms with Crippen LogP contribution in [0.3, 0.4) is 0 Å². The standard InChI is InChI=1S/C7H10NO2/c1-5-6(7(8)9)3-2-4-10-5/h8H,2-4H2,1H3. The highest BCUT2D eigenvalue weighted by Gasteiger charge is 2.14. The van der Waals surface area contributed by atoms with E-state index in [-0.39, 0.29) is 0 Å². The first kappa shape index (κ1) is 7.12. The molecule has 3 nitrogen and oxygen atoms in total. The van der Waals surface area contributed by atoms with Crippen molar-refractivity contribution in [2.24, 2.45) is 0 Å². The van der Waals surface area contributed by atoms with Crippen LogP contribution >= 0.6 is 0 Å². The Morgan fingerprint density at radius 1 is 1.70 bits per heavy atom. The van der Waals surface area contributed by atoms with Crippen LogP contribution in [0.15, 0.2) is 11.3 Å². The molecule has 1 aliphatic rings. The zero-order chi connectivity index (χ0) is 7.56. The Hall–Kier alpha value is -0.990. The number of nitrogens with one attached hydrogen (secondary N) is 1. The van der Waals surface area contributed by atoms with Crippen LogP contribution in [0.5, 0.6) is 0 Å². The van der Waals surface area contributed by atoms with Gasteiger partial charge in [-0.1, -0.05) is 0 Å². The van der Waals surface area contributed by atoms with Crippen LogP contribution < -0.4 is 5.73 Å². The normalized spacial score (nSPS) is 18.5. The maximum atomic E-state index is 10.5. The summed E-state index contributed by atoms with van der Waals surface area (Å²) >= 11 is 0. The van der Waals surface area contributed by atoms with E-state index in [1.807, 2.05) is 0 Å². The molecule has 1 heterocycles. The third kappa shape index (κ3) is 1.29. The van der Waals surface area contributed by atoms with Gasteiger partial charge in [0.15, 0.2) is 0 Å². The second kappa shape index (κ2) is 2.73. The summed E-state index contributed by atoms with van der Waals surface area (Å²) in [4.78, 5) is 10.5. The molecular weight excluding hydrogens is 130 g/mol. The highest BCUT2D eigenvalue weighted by atomic mass is 16.5. The summed E-state index contributed by atoms with van der Waals surface area (Å²) in [5, 5.41) is 0. The van der Waals surface area contributed by atoms with E-state index in [0.29, 0.717) is 24.4 Å². The molecule has 0 aliphatic carbocycles. The van der Waals surface area contributed by atoms with E-state index < -0.39 is 5.91 Å². The van der Waals surface area contributed by atoms with Crippen LogP contribution in [-0.2, 0) is 9.53 Å². The lowest BCUT2D eigenvalue weighted by Crippen LogP contribution is -2.12. The lowest BCUT2D eigenvalue weighted by molar-refractivity contribution is -0.115. The molecule has 0 saturated carbocycles. The topological polar surface area (TPSA) is 50.1 Å². The van der Waals surface area contributed by atoms with Gasteiger partial charge in [0.1, 0.15) is 5.76 Å². The molecule has 55 valence electrons. The Morgan fingerprint density at radius 3 is 2.80 bits per heavy atom. The average molecular weight is 140 g/mol. The van der Waals surface area contributed by atoms with E-state index in [0.717, 1.165) is 6.42 Å². The van der Waals surface area contributed by atoms with Gasteiger partial charge in [-0.3, -0.25) is 10.5 Å². The fraction of sp³-hybridized carbons (Fsp3) is 0.571. The molecule has 0 saturated heterocycles. The van der Waals surface area contributed by atoms with E-state index >= 15 is 0 Å². The number of carbonyl (C=O) groups excluding carboxylic acids is 1. The molecule has 0 atom stereocenters. The molecule has 1 amide bonds. The molecule has 1 radical (unpaired) electrons. The van der Waals surface area contributed by atoms with Crippen LogP contribution in [0.25, 0.3) is 0 Å². The molecule has 0 aromatic heterocycles. The Bertz CT molecular complexity index is 184. The second-order valence-corrected chi connectivity index (χ2v) is 2.32. The van der Waals surface area contributed by atoms with Crippen molar-refractivity contribution in [3.8, 4) is 0 Å². The van der Waals surface area contributed by atoms with Gasteiger partial charge in [-0.05, 0) is 19.8 Å². The van der Waals surface area contributed by atoms with Gasteiger partial charge in [-0.15, -0.1) is 0 Å². The molecule has 1 rings (SSSR count). The van der Waals surface area contributed by atoms with Crippen LogP contribution in [0.1, 0.15) is 19.8 Å². The summed E-state index contributed by atoms with van der Waals surface area (Å²) in [6.45, 7) is 2.42. The smallest absolute Gasteiger partial charge is 0.268 e. The maximum absolute atomic E-state index is 10.5. The van der Waals surface area contributed by atoms with Gasteiger partial charge in [-0.25, -0.2) is 0 Å². The SMILES string of the molecule is CC1=C(C([NH])=O)CCCO1. The van der Waals surface area contributed by atoms with Crippen molar-refractivity contribution >= 4 is 5.91 Å². The lowest BCUT2D eigenvalue weighted by atomic mass is 10.1. The van der Waals surface area contributed by atoms with Gasteiger partial charge in [-0.2, -0.15) is 0 Å². The van der Waals surface area contributed by atoms with Crippen molar-refractivity contribution in [2.75, 3.05) is 6.61 Å². The van der Waals surface area contributed by atoms with Gasteiger partial charge >= 0.3 is 0 Å². The minimum Gasteiger partial charge on any atom is -0.498 e. The van der Waals surface area contributed by atoms with Gasteiger partial charge in [0.2, 0.25) is 0 Å². The summed E-state index contributed by atoms with van der Waals surface area (Å²) in [5.74, 6) is 0.0310. The summed E-state index contributed by atoms with van der Waals surface area (Å²) in [6.07, 6.45) is 1.56. The van der Waals surface area contributed by atoms with Crippen molar-refractivity contribution in [1.82, 2.24) is 5.73 Å². The predicted molar refractivity (Wildman–Crippen MR) is 36.0 cm³/mol. The van der Waals surface area contributed by atoms with E-state index in [1.165, 1.54) is 0 Å². The third-order valence-electron chi connectivity index (χ3n) is 1.59. The van der Waals surface area contributed by atoms with Crippen LogP contribution in [0.4, 0.5) is 0 Å². The zero-order valence-electron chi connectivity index (χ0n) is 5.94. The number of amides is 1. The fourth-order valence-electron chi connectivity index (χ4n) is 1.01. The summed E-state index contributed by atoms with van der Waals surface area (Å²) in [7, 11) is 0. The Balaban J connectivity index is 2.78. The highest BCUT2D eigenvalue weighted by Crippen LogP contribution is 2.17. The molecule has 0 unspecified atom stereocenters. The predicted octanol–water partition coefficient (Wildman–Crippen LogP) is 0.880. The summed E-state index contributed by atoms with van der Waals surface area (Å²) in [6, 6.07) is 0. The first-order valence-corrected chi connectivity index (χ1v) is 3.30. The first-order chi connectivity index (χ1) is 4.72. The number of hydrogen-bond acceptors (Lipinski definition) is 2. The molecule has 0 aromatic rings. The lowest BCUT2D eigenvalue weighted by Gasteiger charge is -2.15. The maximum Gasteiger partial charge on any atom is 0.268 e. The van der Waals surface area contributed by atoms with E-state index in [4.69, 9.17) is 10.5 Å². The van der Waals surface area contributed by atoms with Crippen LogP contribution in [0, 0.1) is 0 Å². The average Bonchev–Trinajstić information content (AvgIpc) is 1.88. The molecule has 10 heavy (non-hydrogen) atoms. The molecule has 1 aliphatic heterocycles. The van der Waals surface area contributed by atoms with Crippen LogP contribution in [0.2, 0.25) is 0 Å². The highest BCUT2D eigenvalue weighted by molar-refractivity contribution is 5.91. The van der Waals surface area contributed by atoms with Crippen molar-refractivity contribution in [2.45, 2.75) is 19.8 Å². The van der Waals surface area contributed by atoms with E-state index in [9.17, 15) is 4.79 Å². The molecular formula is C7H10NO2. The minimum absolute atomic E-state index is 0.534. The zero-order valence-corrected chi connectivity index (χ0v) is 5.94. The molecule has 1 N–H and O–H groups in total. The first-order valence-electron chi connectivity index (χ1n) is 3.30. The van der Waals surface area contributed by atoms with Crippen LogP contribution in [-0.4, -0.2) is 12.5 Å². The Labute approximate surface area is 59.8 Å². The van der Waals surface area contributed by atoms with Crippen molar-refractivity contribution in [1.29, 1.82) is 0 Å². The summed E-state index contributed by atoms with van der Waals surface area (Å²) in [5.41, 5.74) is 7.36. The van der Waals surface area contributed by atoms with Gasteiger partial charge in [0.25, 0.3) is 5.91 Å². The minimum atomic E-state index is -0.600. The van der Waals surface area contributed by atoms with Gasteiger partial charge in [0.05, 0.1) is 12.2 Å². The fourth-order valence-corrected chi connectivity index (χ4v) is 1.01. The number of ether oxygens (including phenoxy) is 1. The monoisotopic (exact) mass is 140 g/mol. The van der Waals surface area contributed by atoms with E-state index in [1.54, 1.807) is 6.92 Å². The van der Waals surface area contributed by atoms with Gasteiger partial charge < -0.3 is 4.74 Å². The summed E-state index contributed by atoms with van der Waals surface area (Å²) < 4.78 is 5.09. The number of allylic oxidation sites excluding steroid dienone is 1. The number of rotatable bonds is 1. The van der Waals surface area contributed by atoms with Crippen molar-refractivity contribution in [3.05, 3.63) is 11.3 Å². The quantitative estimate of drug-likeness (QED) is 0.542. The number of hydrogen-bond donors (Lipinski definition) is 0. The van der Waals surface area contributed by atoms with Crippen molar-refractivity contribution in [3.63, 3.8) is 0 Å². The molecule has 0 fully saturated rings. The Kier molecular flexibility index (Phi) is 1.94. The number of carbonyl (C=O) groups is 1. The molecule has 0 bridgehead atoms. The van der Waals surface area contributed by atoms with E-state index in [2.05, 4.69) is 0 Å². The third-order valence-corrected chi connectivity index (χ3v) is 1.59. The van der Waals surface area contributed by atoms with Gasteiger partial charge in [0, 0.05) is 0 Å². The molecule has 0 aromatic carbocycles. The second-order valence-electron chi connectivity index (χ2n) is 2.32.